The van der Waals surface area contributed by atoms with Crippen molar-refractivity contribution in [1.29, 1.82) is 0 Å². The number of hydrogen-bond acceptors (Lipinski definition) is 1. The normalized spacial score (nSPS) is 50.7. The largest absolute Gasteiger partial charge is 0.308 e. The van der Waals surface area contributed by atoms with Crippen LogP contribution in [0.4, 0.5) is 0 Å². The van der Waals surface area contributed by atoms with Crippen molar-refractivity contribution in [1.82, 2.24) is 5.32 Å². The molecule has 0 radical (unpaired) electrons. The molecule has 1 heterocycles. The summed E-state index contributed by atoms with van der Waals surface area (Å²) < 4.78 is 0. The maximum Gasteiger partial charge on any atom is 0.0281 e. The maximum absolute atomic E-state index is 3.54. The lowest BCUT2D eigenvalue weighted by Gasteiger charge is -2.35. The second kappa shape index (κ2) is 1.20. The highest BCUT2D eigenvalue weighted by atomic mass is 15.2. The van der Waals surface area contributed by atoms with Crippen molar-refractivity contribution in [2.45, 2.75) is 44.2 Å². The van der Waals surface area contributed by atoms with E-state index in [2.05, 4.69) is 5.32 Å². The molecule has 1 N–H and O–H groups in total. The third-order valence-electron chi connectivity index (χ3n) is 3.57. The highest BCUT2D eigenvalue weighted by Crippen LogP contribution is 2.59. The molecule has 1 spiro atoms. The van der Waals surface area contributed by atoms with E-state index in [1.54, 1.807) is 0 Å². The Balaban J connectivity index is 1.87. The van der Waals surface area contributed by atoms with Crippen molar-refractivity contribution in [3.8, 4) is 0 Å². The molecule has 50 valence electrons. The minimum atomic E-state index is 0.838. The summed E-state index contributed by atoms with van der Waals surface area (Å²) in [5, 5.41) is 3.54. The zero-order chi connectivity index (χ0) is 5.90. The van der Waals surface area contributed by atoms with E-state index in [-0.39, 0.29) is 0 Å². The maximum atomic E-state index is 3.54. The fourth-order valence-corrected chi connectivity index (χ4v) is 2.95. The molecule has 2 unspecified atom stereocenters. The van der Waals surface area contributed by atoms with Gasteiger partial charge in [-0.1, -0.05) is 12.8 Å². The number of hydrogen-bond donors (Lipinski definition) is 1. The van der Waals surface area contributed by atoms with Crippen LogP contribution in [0.25, 0.3) is 0 Å². The van der Waals surface area contributed by atoms with Crippen LogP contribution in [0, 0.1) is 5.41 Å². The van der Waals surface area contributed by atoms with Gasteiger partial charge in [0.15, 0.2) is 0 Å². The van der Waals surface area contributed by atoms with Crippen molar-refractivity contribution < 1.29 is 0 Å². The average molecular weight is 123 g/mol. The van der Waals surface area contributed by atoms with Gasteiger partial charge >= 0.3 is 0 Å². The summed E-state index contributed by atoms with van der Waals surface area (Å²) in [7, 11) is 0. The highest BCUT2D eigenvalue weighted by molar-refractivity contribution is 5.22. The SMILES string of the molecule is C1CCC2(C1)CC1NC12. The summed E-state index contributed by atoms with van der Waals surface area (Å²) in [6.07, 6.45) is 7.58. The minimum Gasteiger partial charge on any atom is -0.308 e. The molecule has 0 aromatic carbocycles. The minimum absolute atomic E-state index is 0.838. The lowest BCUT2D eigenvalue weighted by molar-refractivity contribution is 0.198. The Morgan fingerprint density at radius 3 is 2.44 bits per heavy atom. The van der Waals surface area contributed by atoms with Crippen LogP contribution in [0.1, 0.15) is 32.1 Å². The number of rotatable bonds is 0. The molecule has 1 nitrogen and oxygen atoms in total. The molecule has 0 bridgehead atoms. The molecule has 2 aliphatic carbocycles. The van der Waals surface area contributed by atoms with Crippen LogP contribution in [0.15, 0.2) is 0 Å². The van der Waals surface area contributed by atoms with Gasteiger partial charge in [-0.3, -0.25) is 0 Å². The van der Waals surface area contributed by atoms with E-state index < -0.39 is 0 Å². The van der Waals surface area contributed by atoms with Crippen molar-refractivity contribution in [2.75, 3.05) is 0 Å². The van der Waals surface area contributed by atoms with Crippen LogP contribution in [0.2, 0.25) is 0 Å². The first kappa shape index (κ1) is 4.73. The van der Waals surface area contributed by atoms with Gasteiger partial charge in [-0.2, -0.15) is 0 Å². The zero-order valence-electron chi connectivity index (χ0n) is 5.69. The lowest BCUT2D eigenvalue weighted by atomic mass is 9.68. The molecule has 0 aromatic heterocycles. The molecule has 3 fully saturated rings. The molecular formula is C8H13N. The van der Waals surface area contributed by atoms with Crippen LogP contribution >= 0.6 is 0 Å². The quantitative estimate of drug-likeness (QED) is 0.482. The topological polar surface area (TPSA) is 21.9 Å². The fraction of sp³-hybridized carbons (Fsp3) is 1.00. The fourth-order valence-electron chi connectivity index (χ4n) is 2.95. The second-order valence-corrected chi connectivity index (χ2v) is 4.02. The Kier molecular flexibility index (Phi) is 0.628. The summed E-state index contributed by atoms with van der Waals surface area (Å²) in [6.45, 7) is 0. The molecule has 3 rings (SSSR count). The number of fused-ring (bicyclic) bond motifs is 2. The number of nitrogens with one attached hydrogen (secondary N) is 1. The molecule has 0 aromatic rings. The molecule has 3 aliphatic rings. The van der Waals surface area contributed by atoms with E-state index in [0.717, 1.165) is 17.5 Å². The van der Waals surface area contributed by atoms with Crippen LogP contribution in [-0.2, 0) is 0 Å². The summed E-state index contributed by atoms with van der Waals surface area (Å²) in [4.78, 5) is 0. The third kappa shape index (κ3) is 0.420. The molecule has 2 atom stereocenters. The molecule has 1 aliphatic heterocycles. The third-order valence-corrected chi connectivity index (χ3v) is 3.57. The first-order chi connectivity index (χ1) is 4.41. The van der Waals surface area contributed by atoms with Crippen LogP contribution < -0.4 is 5.32 Å². The summed E-state index contributed by atoms with van der Waals surface area (Å²) in [5.41, 5.74) is 0.838. The Bertz CT molecular complexity index is 141. The average Bonchev–Trinajstić information content (AvgIpc) is 2.39. The molecule has 9 heavy (non-hydrogen) atoms. The highest BCUT2D eigenvalue weighted by Gasteiger charge is 2.63. The second-order valence-electron chi connectivity index (χ2n) is 4.02. The van der Waals surface area contributed by atoms with E-state index in [0.29, 0.717) is 0 Å². The Hall–Kier alpha value is -0.0400. The van der Waals surface area contributed by atoms with Gasteiger partial charge < -0.3 is 5.32 Å². The Labute approximate surface area is 55.8 Å². The van der Waals surface area contributed by atoms with Crippen molar-refractivity contribution in [2.24, 2.45) is 5.41 Å². The van der Waals surface area contributed by atoms with Gasteiger partial charge in [0.2, 0.25) is 0 Å². The van der Waals surface area contributed by atoms with E-state index in [9.17, 15) is 0 Å². The first-order valence-corrected chi connectivity index (χ1v) is 4.17. The van der Waals surface area contributed by atoms with Crippen LogP contribution in [-0.4, -0.2) is 12.1 Å². The summed E-state index contributed by atoms with van der Waals surface area (Å²) >= 11 is 0. The van der Waals surface area contributed by atoms with Crippen LogP contribution in [0.3, 0.4) is 0 Å². The van der Waals surface area contributed by atoms with Crippen molar-refractivity contribution in [3.05, 3.63) is 0 Å². The molecule has 1 saturated heterocycles. The van der Waals surface area contributed by atoms with Gasteiger partial charge in [-0.05, 0) is 24.7 Å². The van der Waals surface area contributed by atoms with Gasteiger partial charge in [-0.25, -0.2) is 0 Å². The van der Waals surface area contributed by atoms with Gasteiger partial charge in [0.25, 0.3) is 0 Å². The molecule has 0 amide bonds. The van der Waals surface area contributed by atoms with Crippen molar-refractivity contribution >= 4 is 0 Å². The van der Waals surface area contributed by atoms with E-state index in [4.69, 9.17) is 0 Å². The summed E-state index contributed by atoms with van der Waals surface area (Å²) in [5.74, 6) is 0. The first-order valence-electron chi connectivity index (χ1n) is 4.17. The standard InChI is InChI=1S/C8H13N/c1-2-4-8(3-1)5-6-7(8)9-6/h6-7,9H,1-5H2. The van der Waals surface area contributed by atoms with Gasteiger partial charge in [-0.15, -0.1) is 0 Å². The lowest BCUT2D eigenvalue weighted by Crippen LogP contribution is -2.36. The zero-order valence-corrected chi connectivity index (χ0v) is 5.69. The molecule has 2 saturated carbocycles. The summed E-state index contributed by atoms with van der Waals surface area (Å²) in [6, 6.07) is 1.96. The smallest absolute Gasteiger partial charge is 0.0281 e. The Morgan fingerprint density at radius 1 is 1.22 bits per heavy atom. The predicted octanol–water partition coefficient (Wildman–Crippen LogP) is 1.29. The van der Waals surface area contributed by atoms with Crippen molar-refractivity contribution in [3.63, 3.8) is 0 Å². The molecular weight excluding hydrogens is 110 g/mol. The predicted molar refractivity (Wildman–Crippen MR) is 36.2 cm³/mol. The van der Waals surface area contributed by atoms with E-state index in [1.807, 2.05) is 0 Å². The van der Waals surface area contributed by atoms with Gasteiger partial charge in [0.1, 0.15) is 0 Å². The molecule has 1 heteroatoms. The van der Waals surface area contributed by atoms with Gasteiger partial charge in [0.05, 0.1) is 0 Å². The van der Waals surface area contributed by atoms with Crippen LogP contribution in [0.5, 0.6) is 0 Å². The monoisotopic (exact) mass is 123 g/mol. The Morgan fingerprint density at radius 2 is 2.00 bits per heavy atom. The van der Waals surface area contributed by atoms with E-state index >= 15 is 0 Å². The van der Waals surface area contributed by atoms with E-state index in [1.165, 1.54) is 32.1 Å². The van der Waals surface area contributed by atoms with Gasteiger partial charge in [0, 0.05) is 12.1 Å².